The van der Waals surface area contributed by atoms with Gasteiger partial charge >= 0.3 is 5.97 Å². The lowest BCUT2D eigenvalue weighted by molar-refractivity contribution is -0.150. The lowest BCUT2D eigenvalue weighted by Gasteiger charge is -2.39. The number of esters is 1. The summed E-state index contributed by atoms with van der Waals surface area (Å²) in [6, 6.07) is 0.455. The van der Waals surface area contributed by atoms with Crippen LogP contribution in [0.1, 0.15) is 58.8 Å². The van der Waals surface area contributed by atoms with Gasteiger partial charge in [0, 0.05) is 24.4 Å². The van der Waals surface area contributed by atoms with Gasteiger partial charge in [-0.05, 0) is 58.3 Å². The van der Waals surface area contributed by atoms with Crippen molar-refractivity contribution in [1.29, 1.82) is 0 Å². The van der Waals surface area contributed by atoms with E-state index in [1.54, 1.807) is 13.8 Å². The molecule has 0 aromatic heterocycles. The van der Waals surface area contributed by atoms with Crippen molar-refractivity contribution in [3.05, 3.63) is 12.2 Å². The maximum Gasteiger partial charge on any atom is 0.323 e. The molecule has 0 radical (unpaired) electrons. The smallest absolute Gasteiger partial charge is 0.323 e. The van der Waals surface area contributed by atoms with Crippen molar-refractivity contribution in [3.8, 4) is 11.8 Å². The van der Waals surface area contributed by atoms with Gasteiger partial charge in [-0.2, -0.15) is 0 Å². The van der Waals surface area contributed by atoms with Gasteiger partial charge in [0.05, 0.1) is 18.8 Å². The molecule has 3 fully saturated rings. The van der Waals surface area contributed by atoms with Crippen LogP contribution in [0.15, 0.2) is 12.2 Å². The van der Waals surface area contributed by atoms with E-state index in [0.717, 1.165) is 25.7 Å². The van der Waals surface area contributed by atoms with E-state index in [2.05, 4.69) is 16.7 Å². The molecule has 0 amide bonds. The fourth-order valence-electron chi connectivity index (χ4n) is 5.42. The number of piperidine rings is 1. The summed E-state index contributed by atoms with van der Waals surface area (Å²) in [6.45, 7) is 3.60. The number of fused-ring (bicyclic) bond motifs is 3. The molecule has 2 saturated heterocycles. The highest BCUT2D eigenvalue weighted by molar-refractivity contribution is 5.76. The van der Waals surface area contributed by atoms with Crippen molar-refractivity contribution in [2.75, 3.05) is 7.11 Å². The topological polar surface area (TPSA) is 70.0 Å². The molecule has 1 saturated carbocycles. The molecule has 2 heterocycles. The number of aliphatic hydroxyl groups excluding tert-OH is 1. The molecule has 7 atom stereocenters. The summed E-state index contributed by atoms with van der Waals surface area (Å²) in [5.74, 6) is 6.06. The fraction of sp³-hybridized carbons (Fsp3) is 0.773. The first-order valence-corrected chi connectivity index (χ1v) is 10.2. The summed E-state index contributed by atoms with van der Waals surface area (Å²) in [5.41, 5.74) is -0.915. The molecular weight excluding hydrogens is 342 g/mol. The Balaban J connectivity index is 1.72. The summed E-state index contributed by atoms with van der Waals surface area (Å²) >= 11 is 0. The Morgan fingerprint density at radius 2 is 2.15 bits per heavy atom. The minimum Gasteiger partial charge on any atom is -0.468 e. The number of methoxy groups -OCH3 is 1. The molecule has 0 aromatic rings. The monoisotopic (exact) mass is 375 g/mol. The highest BCUT2D eigenvalue weighted by Gasteiger charge is 2.55. The van der Waals surface area contributed by atoms with E-state index in [-0.39, 0.29) is 24.0 Å². The van der Waals surface area contributed by atoms with Crippen molar-refractivity contribution in [2.45, 2.75) is 88.6 Å². The van der Waals surface area contributed by atoms with Crippen LogP contribution in [0.4, 0.5) is 0 Å². The van der Waals surface area contributed by atoms with Gasteiger partial charge in [-0.15, -0.1) is 11.8 Å². The predicted molar refractivity (Wildman–Crippen MR) is 104 cm³/mol. The lowest BCUT2D eigenvalue weighted by atomic mass is 9.87. The minimum atomic E-state index is -0.915. The third kappa shape index (κ3) is 4.23. The summed E-state index contributed by atoms with van der Waals surface area (Å²) in [7, 11) is 1.46. The molecule has 5 nitrogen and oxygen atoms in total. The number of rotatable bonds is 5. The molecule has 3 rings (SSSR count). The minimum absolute atomic E-state index is 0.0302. The normalized spacial score (nSPS) is 38.0. The Hall–Kier alpha value is -1.35. The zero-order valence-electron chi connectivity index (χ0n) is 16.7. The van der Waals surface area contributed by atoms with Gasteiger partial charge in [-0.25, -0.2) is 0 Å². The molecule has 27 heavy (non-hydrogen) atoms. The maximum absolute atomic E-state index is 12.3. The van der Waals surface area contributed by atoms with E-state index >= 15 is 0 Å². The average molecular weight is 376 g/mol. The van der Waals surface area contributed by atoms with Crippen molar-refractivity contribution >= 4 is 5.97 Å². The molecule has 3 aliphatic rings. The molecule has 4 unspecified atom stereocenters. The average Bonchev–Trinajstić information content (AvgIpc) is 3.14. The number of hydrogen-bond donors (Lipinski definition) is 2. The van der Waals surface area contributed by atoms with Crippen LogP contribution in [0.3, 0.4) is 0 Å². The van der Waals surface area contributed by atoms with Crippen molar-refractivity contribution < 1.29 is 19.7 Å². The van der Waals surface area contributed by atoms with Crippen molar-refractivity contribution in [1.82, 2.24) is 4.90 Å². The molecule has 5 heteroatoms. The van der Waals surface area contributed by atoms with Crippen LogP contribution in [-0.2, 0) is 9.53 Å². The van der Waals surface area contributed by atoms with Gasteiger partial charge < -0.3 is 14.9 Å². The Morgan fingerprint density at radius 1 is 1.37 bits per heavy atom. The number of hydrogen-bond acceptors (Lipinski definition) is 5. The van der Waals surface area contributed by atoms with Crippen LogP contribution in [-0.4, -0.2) is 58.0 Å². The van der Waals surface area contributed by atoms with Gasteiger partial charge in [-0.1, -0.05) is 12.2 Å². The zero-order valence-corrected chi connectivity index (χ0v) is 16.7. The van der Waals surface area contributed by atoms with E-state index in [0.29, 0.717) is 31.2 Å². The third-order valence-electron chi connectivity index (χ3n) is 6.72. The van der Waals surface area contributed by atoms with Crippen LogP contribution in [0, 0.1) is 23.7 Å². The number of ether oxygens (including phenoxy) is 1. The van der Waals surface area contributed by atoms with Crippen LogP contribution in [0.2, 0.25) is 0 Å². The summed E-state index contributed by atoms with van der Waals surface area (Å²) < 4.78 is 5.04. The van der Waals surface area contributed by atoms with Crippen LogP contribution >= 0.6 is 0 Å². The Morgan fingerprint density at radius 3 is 2.85 bits per heavy atom. The zero-order chi connectivity index (χ0) is 19.6. The number of carbonyl (C=O) groups excluding carboxylic acids is 1. The second kappa shape index (κ2) is 8.34. The van der Waals surface area contributed by atoms with E-state index in [1.165, 1.54) is 7.11 Å². The summed E-state index contributed by atoms with van der Waals surface area (Å²) in [6.07, 6.45) is 9.37. The number of nitrogens with zero attached hydrogens (tertiary/aromatic N) is 1. The van der Waals surface area contributed by atoms with Crippen LogP contribution in [0.5, 0.6) is 0 Å². The van der Waals surface area contributed by atoms with Crippen molar-refractivity contribution in [3.63, 3.8) is 0 Å². The van der Waals surface area contributed by atoms with Gasteiger partial charge in [0.25, 0.3) is 0 Å². The first-order chi connectivity index (χ1) is 12.9. The molecule has 150 valence electrons. The van der Waals surface area contributed by atoms with Gasteiger partial charge in [0.1, 0.15) is 6.04 Å². The molecule has 0 bridgehead atoms. The van der Waals surface area contributed by atoms with Crippen LogP contribution in [0.25, 0.3) is 0 Å². The first kappa shape index (κ1) is 20.4. The third-order valence-corrected chi connectivity index (χ3v) is 6.72. The Bertz CT molecular complexity index is 632. The molecular formula is C22H33NO4. The van der Waals surface area contributed by atoms with E-state index in [1.807, 2.05) is 12.2 Å². The highest BCUT2D eigenvalue weighted by atomic mass is 16.5. The van der Waals surface area contributed by atoms with E-state index < -0.39 is 11.7 Å². The molecule has 0 aromatic carbocycles. The first-order valence-electron chi connectivity index (χ1n) is 10.2. The van der Waals surface area contributed by atoms with E-state index in [9.17, 15) is 15.0 Å². The van der Waals surface area contributed by atoms with Gasteiger partial charge in [0.2, 0.25) is 0 Å². The predicted octanol–water partition coefficient (Wildman–Crippen LogP) is 2.26. The Kier molecular flexibility index (Phi) is 6.30. The molecule has 0 spiro atoms. The maximum atomic E-state index is 12.3. The second-order valence-electron chi connectivity index (χ2n) is 8.56. The lowest BCUT2D eigenvalue weighted by Crippen LogP contribution is -2.51. The van der Waals surface area contributed by atoms with E-state index in [4.69, 9.17) is 4.74 Å². The molecule has 1 aliphatic carbocycles. The summed E-state index contributed by atoms with van der Waals surface area (Å²) in [4.78, 5) is 14.6. The fourth-order valence-corrected chi connectivity index (χ4v) is 5.42. The number of carbonyl (C=O) groups is 1. The van der Waals surface area contributed by atoms with Gasteiger partial charge in [0.15, 0.2) is 0 Å². The standard InChI is InChI=1S/C22H33NO4/c1-4-5-6-11-22(2,26)12-10-16-17-13-15-8-7-9-18(21(25)27-3)23(15)19(17)14-20(16)24/h10,12,15-20,24,26H,6-9,11,13-14H2,1-3H3/b12-10+/t15?,16-,17-,18?,19?,20-,22?/m1/s1. The summed E-state index contributed by atoms with van der Waals surface area (Å²) in [5, 5.41) is 21.3. The number of aliphatic hydroxyl groups is 2. The second-order valence-corrected chi connectivity index (χ2v) is 8.56. The van der Waals surface area contributed by atoms with Crippen molar-refractivity contribution in [2.24, 2.45) is 11.8 Å². The van der Waals surface area contributed by atoms with Gasteiger partial charge in [-0.3, -0.25) is 9.69 Å². The SMILES string of the molecule is CC#CCCC(C)(O)/C=C/[C@H]1[C@H](O)CC2[C@@H]1CC1CCCC(C(=O)OC)N12. The molecule has 2 aliphatic heterocycles. The Labute approximate surface area is 162 Å². The largest absolute Gasteiger partial charge is 0.468 e. The quantitative estimate of drug-likeness (QED) is 0.438. The van der Waals surface area contributed by atoms with Crippen LogP contribution < -0.4 is 0 Å². The molecule has 2 N–H and O–H groups in total. The highest BCUT2D eigenvalue weighted by Crippen LogP contribution is 2.49.